The van der Waals surface area contributed by atoms with Crippen LogP contribution in [0.3, 0.4) is 0 Å². The van der Waals surface area contributed by atoms with E-state index >= 15 is 0 Å². The van der Waals surface area contributed by atoms with E-state index in [0.717, 1.165) is 5.69 Å². The molecule has 2 nitrogen and oxygen atoms in total. The summed E-state index contributed by atoms with van der Waals surface area (Å²) in [7, 11) is 0. The molecule has 1 aromatic rings. The van der Waals surface area contributed by atoms with E-state index in [9.17, 15) is 4.39 Å². The third-order valence-electron chi connectivity index (χ3n) is 1.21. The number of pyridine rings is 1. The van der Waals surface area contributed by atoms with E-state index in [4.69, 9.17) is 5.73 Å². The number of hydrogen-bond acceptors (Lipinski definition) is 2. The summed E-state index contributed by atoms with van der Waals surface area (Å²) in [5.74, 6) is 0. The molecule has 54 valence electrons. The van der Waals surface area contributed by atoms with Gasteiger partial charge in [0, 0.05) is 6.54 Å². The fourth-order valence-electron chi connectivity index (χ4n) is 0.717. The summed E-state index contributed by atoms with van der Waals surface area (Å²) in [6.07, 6.45) is 0. The van der Waals surface area contributed by atoms with Gasteiger partial charge in [-0.1, -0.05) is 6.07 Å². The van der Waals surface area contributed by atoms with Crippen LogP contribution in [0.2, 0.25) is 0 Å². The lowest BCUT2D eigenvalue weighted by Gasteiger charge is -1.96. The average Bonchev–Trinajstić information content (AvgIpc) is 2.05. The summed E-state index contributed by atoms with van der Waals surface area (Å²) in [4.78, 5) is 3.91. The highest BCUT2D eigenvalue weighted by Gasteiger charge is 1.93. The van der Waals surface area contributed by atoms with Crippen molar-refractivity contribution < 1.29 is 4.39 Å². The second-order valence-electron chi connectivity index (χ2n) is 1.96. The number of nitrogens with zero attached hydrogens (tertiary/aromatic N) is 1. The van der Waals surface area contributed by atoms with Crippen molar-refractivity contribution in [2.75, 3.05) is 0 Å². The van der Waals surface area contributed by atoms with Crippen LogP contribution in [0.25, 0.3) is 0 Å². The predicted octanol–water partition coefficient (Wildman–Crippen LogP) is 1.01. The maximum Gasteiger partial charge on any atom is 0.131 e. The van der Waals surface area contributed by atoms with Crippen LogP contribution in [0, 0.1) is 0 Å². The van der Waals surface area contributed by atoms with E-state index < -0.39 is 6.67 Å². The fraction of sp³-hybridized carbons (Fsp3) is 0.286. The Balaban J connectivity index is 2.87. The van der Waals surface area contributed by atoms with Crippen molar-refractivity contribution in [3.05, 3.63) is 29.6 Å². The summed E-state index contributed by atoms with van der Waals surface area (Å²) in [5.41, 5.74) is 6.47. The highest BCUT2D eigenvalue weighted by atomic mass is 19.1. The molecule has 1 heterocycles. The third kappa shape index (κ3) is 1.51. The molecule has 0 saturated carbocycles. The molecule has 10 heavy (non-hydrogen) atoms. The first-order valence-electron chi connectivity index (χ1n) is 3.07. The lowest BCUT2D eigenvalue weighted by Crippen LogP contribution is -2.00. The molecule has 0 radical (unpaired) electrons. The normalized spacial score (nSPS) is 9.80. The van der Waals surface area contributed by atoms with Crippen LogP contribution in [0.15, 0.2) is 18.2 Å². The van der Waals surface area contributed by atoms with Crippen molar-refractivity contribution in [3.63, 3.8) is 0 Å². The number of alkyl halides is 1. The summed E-state index contributed by atoms with van der Waals surface area (Å²) < 4.78 is 11.9. The Morgan fingerprint density at radius 1 is 1.40 bits per heavy atom. The Kier molecular flexibility index (Phi) is 2.34. The Labute approximate surface area is 58.9 Å². The molecule has 0 aliphatic carbocycles. The topological polar surface area (TPSA) is 38.9 Å². The maximum atomic E-state index is 11.9. The quantitative estimate of drug-likeness (QED) is 0.665. The number of halogens is 1. The van der Waals surface area contributed by atoms with Crippen LogP contribution >= 0.6 is 0 Å². The molecule has 0 saturated heterocycles. The zero-order valence-corrected chi connectivity index (χ0v) is 5.55. The van der Waals surface area contributed by atoms with Gasteiger partial charge >= 0.3 is 0 Å². The van der Waals surface area contributed by atoms with E-state index in [1.54, 1.807) is 18.2 Å². The summed E-state index contributed by atoms with van der Waals surface area (Å²) >= 11 is 0. The minimum Gasteiger partial charge on any atom is -0.325 e. The summed E-state index contributed by atoms with van der Waals surface area (Å²) in [5, 5.41) is 0. The number of nitrogens with two attached hydrogens (primary N) is 1. The van der Waals surface area contributed by atoms with Gasteiger partial charge in [0.1, 0.15) is 6.67 Å². The van der Waals surface area contributed by atoms with Crippen LogP contribution in [-0.2, 0) is 13.2 Å². The molecule has 0 bridgehead atoms. The highest BCUT2D eigenvalue weighted by molar-refractivity contribution is 5.10. The Bertz CT molecular complexity index is 193. The molecular formula is C7H9FN2. The van der Waals surface area contributed by atoms with Crippen LogP contribution in [0.1, 0.15) is 11.4 Å². The van der Waals surface area contributed by atoms with Crippen molar-refractivity contribution >= 4 is 0 Å². The molecule has 0 fully saturated rings. The van der Waals surface area contributed by atoms with E-state index in [-0.39, 0.29) is 0 Å². The SMILES string of the molecule is NCc1cccc(CF)n1. The molecular weight excluding hydrogens is 131 g/mol. The second kappa shape index (κ2) is 3.27. The largest absolute Gasteiger partial charge is 0.325 e. The van der Waals surface area contributed by atoms with E-state index in [1.807, 2.05) is 0 Å². The minimum absolute atomic E-state index is 0.369. The molecule has 0 atom stereocenters. The van der Waals surface area contributed by atoms with Gasteiger partial charge in [-0.3, -0.25) is 4.98 Å². The molecule has 0 amide bonds. The Hall–Kier alpha value is -0.960. The van der Waals surface area contributed by atoms with Crippen molar-refractivity contribution in [3.8, 4) is 0 Å². The average molecular weight is 140 g/mol. The van der Waals surface area contributed by atoms with Crippen molar-refractivity contribution in [2.45, 2.75) is 13.2 Å². The first-order chi connectivity index (χ1) is 4.86. The van der Waals surface area contributed by atoms with Crippen molar-refractivity contribution in [1.29, 1.82) is 0 Å². The second-order valence-corrected chi connectivity index (χ2v) is 1.96. The molecule has 0 spiro atoms. The molecule has 0 aliphatic rings. The molecule has 1 rings (SSSR count). The van der Waals surface area contributed by atoms with Gasteiger partial charge < -0.3 is 5.73 Å². The van der Waals surface area contributed by atoms with E-state index in [2.05, 4.69) is 4.98 Å². The van der Waals surface area contributed by atoms with Gasteiger partial charge in [-0.2, -0.15) is 0 Å². The monoisotopic (exact) mass is 140 g/mol. The summed E-state index contributed by atoms with van der Waals surface area (Å²) in [6, 6.07) is 5.17. The first kappa shape index (κ1) is 7.15. The van der Waals surface area contributed by atoms with Crippen LogP contribution in [0.5, 0.6) is 0 Å². The molecule has 0 aromatic carbocycles. The Morgan fingerprint density at radius 3 is 2.70 bits per heavy atom. The standard InChI is InChI=1S/C7H9FN2/c8-4-6-2-1-3-7(5-9)10-6/h1-3H,4-5,9H2. The van der Waals surface area contributed by atoms with E-state index in [0.29, 0.717) is 12.2 Å². The number of rotatable bonds is 2. The Morgan fingerprint density at radius 2 is 2.10 bits per heavy atom. The third-order valence-corrected chi connectivity index (χ3v) is 1.21. The zero-order valence-electron chi connectivity index (χ0n) is 5.55. The van der Waals surface area contributed by atoms with Gasteiger partial charge in [-0.05, 0) is 12.1 Å². The van der Waals surface area contributed by atoms with Crippen molar-refractivity contribution in [1.82, 2.24) is 4.98 Å². The lowest BCUT2D eigenvalue weighted by molar-refractivity contribution is 0.475. The lowest BCUT2D eigenvalue weighted by atomic mass is 10.3. The fourth-order valence-corrected chi connectivity index (χ4v) is 0.717. The van der Waals surface area contributed by atoms with Crippen LogP contribution < -0.4 is 5.73 Å². The molecule has 0 unspecified atom stereocenters. The van der Waals surface area contributed by atoms with E-state index in [1.165, 1.54) is 0 Å². The van der Waals surface area contributed by atoms with Gasteiger partial charge in [0.25, 0.3) is 0 Å². The predicted molar refractivity (Wildman–Crippen MR) is 36.9 cm³/mol. The smallest absolute Gasteiger partial charge is 0.131 e. The van der Waals surface area contributed by atoms with Crippen LogP contribution in [0.4, 0.5) is 4.39 Å². The molecule has 2 N–H and O–H groups in total. The molecule has 1 aromatic heterocycles. The summed E-state index contributed by atoms with van der Waals surface area (Å²) in [6.45, 7) is -0.151. The number of hydrogen-bond donors (Lipinski definition) is 1. The molecule has 0 aliphatic heterocycles. The number of aromatic nitrogens is 1. The molecule has 3 heteroatoms. The first-order valence-corrected chi connectivity index (χ1v) is 3.07. The van der Waals surface area contributed by atoms with Gasteiger partial charge in [-0.25, -0.2) is 4.39 Å². The van der Waals surface area contributed by atoms with Gasteiger partial charge in [0.15, 0.2) is 0 Å². The van der Waals surface area contributed by atoms with Gasteiger partial charge in [0.05, 0.1) is 11.4 Å². The highest BCUT2D eigenvalue weighted by Crippen LogP contribution is 1.99. The van der Waals surface area contributed by atoms with Crippen molar-refractivity contribution in [2.24, 2.45) is 5.73 Å². The zero-order chi connectivity index (χ0) is 7.40. The minimum atomic E-state index is -0.520. The van der Waals surface area contributed by atoms with Gasteiger partial charge in [-0.15, -0.1) is 0 Å². The van der Waals surface area contributed by atoms with Gasteiger partial charge in [0.2, 0.25) is 0 Å². The maximum absolute atomic E-state index is 11.9. The van der Waals surface area contributed by atoms with Crippen LogP contribution in [-0.4, -0.2) is 4.98 Å².